The molecule has 16 heavy (non-hydrogen) atoms. The molecule has 1 aromatic rings. The topological polar surface area (TPSA) is 49.3 Å². The van der Waals surface area contributed by atoms with Crippen molar-refractivity contribution in [3.8, 4) is 0 Å². The second-order valence-electron chi connectivity index (χ2n) is 4.34. The first-order chi connectivity index (χ1) is 7.43. The third kappa shape index (κ3) is 3.77. The molecular weight excluding hydrogens is 246 g/mol. The van der Waals surface area contributed by atoms with Gasteiger partial charge in [0.05, 0.1) is 9.75 Å². The smallest absolute Gasteiger partial charge is 0.309 e. The summed E-state index contributed by atoms with van der Waals surface area (Å²) >= 11 is 7.45. The molecule has 0 aromatic carbocycles. The molecule has 0 saturated carbocycles. The molecule has 0 radical (unpaired) electrons. The molecule has 1 rings (SSSR count). The van der Waals surface area contributed by atoms with E-state index in [0.717, 1.165) is 9.90 Å². The fourth-order valence-electron chi connectivity index (χ4n) is 1.18. The van der Waals surface area contributed by atoms with E-state index in [4.69, 9.17) is 16.7 Å². The van der Waals surface area contributed by atoms with Gasteiger partial charge in [-0.05, 0) is 43.8 Å². The van der Waals surface area contributed by atoms with Crippen LogP contribution >= 0.6 is 22.9 Å². The van der Waals surface area contributed by atoms with Crippen molar-refractivity contribution in [1.82, 2.24) is 5.32 Å². The Morgan fingerprint density at radius 3 is 2.81 bits per heavy atom. The van der Waals surface area contributed by atoms with Gasteiger partial charge in [-0.25, -0.2) is 0 Å². The molecule has 1 aromatic heterocycles. The molecule has 3 nitrogen and oxygen atoms in total. The minimum Gasteiger partial charge on any atom is -0.481 e. The lowest BCUT2D eigenvalue weighted by Gasteiger charge is -2.18. The van der Waals surface area contributed by atoms with Gasteiger partial charge in [-0.15, -0.1) is 11.3 Å². The Morgan fingerprint density at radius 1 is 1.62 bits per heavy atom. The number of carboxylic acids is 1. The summed E-state index contributed by atoms with van der Waals surface area (Å²) in [5, 5.41) is 14.1. The second-order valence-corrected chi connectivity index (χ2v) is 5.85. The minimum absolute atomic E-state index is 0.601. The molecule has 0 fully saturated rings. The molecule has 0 aliphatic heterocycles. The summed E-state index contributed by atoms with van der Waals surface area (Å²) in [5.41, 5.74) is 0.394. The van der Waals surface area contributed by atoms with E-state index in [-0.39, 0.29) is 0 Å². The number of hydrogen-bond donors (Lipinski definition) is 2. The summed E-state index contributed by atoms with van der Waals surface area (Å²) in [5.74, 6) is -0.761. The Labute approximate surface area is 104 Å². The van der Waals surface area contributed by atoms with Crippen molar-refractivity contribution in [2.75, 3.05) is 6.54 Å². The molecule has 0 bridgehead atoms. The van der Waals surface area contributed by atoms with Gasteiger partial charge < -0.3 is 10.4 Å². The number of nitrogens with one attached hydrogen (secondary N) is 1. The first kappa shape index (κ1) is 13.5. The van der Waals surface area contributed by atoms with Gasteiger partial charge in [0.15, 0.2) is 0 Å². The van der Waals surface area contributed by atoms with Crippen molar-refractivity contribution in [1.29, 1.82) is 0 Å². The summed E-state index contributed by atoms with van der Waals surface area (Å²) in [6, 6.07) is 1.97. The predicted molar refractivity (Wildman–Crippen MR) is 67.1 cm³/mol. The number of thiophene rings is 1. The van der Waals surface area contributed by atoms with Crippen LogP contribution in [0.15, 0.2) is 11.4 Å². The third-order valence-corrected chi connectivity index (χ3v) is 3.77. The fraction of sp³-hybridized carbons (Fsp3) is 0.545. The molecule has 0 saturated heterocycles. The highest BCUT2D eigenvalue weighted by Gasteiger charge is 2.26. The molecule has 1 heterocycles. The van der Waals surface area contributed by atoms with Crippen LogP contribution in [0.25, 0.3) is 0 Å². The van der Waals surface area contributed by atoms with Crippen LogP contribution in [0.4, 0.5) is 0 Å². The highest BCUT2D eigenvalue weighted by atomic mass is 35.5. The van der Waals surface area contributed by atoms with Crippen molar-refractivity contribution in [2.24, 2.45) is 5.41 Å². The Balaban J connectivity index is 2.27. The zero-order valence-electron chi connectivity index (χ0n) is 9.42. The van der Waals surface area contributed by atoms with Crippen molar-refractivity contribution in [2.45, 2.75) is 26.8 Å². The predicted octanol–water partition coefficient (Wildman–Crippen LogP) is 2.99. The van der Waals surface area contributed by atoms with Gasteiger partial charge >= 0.3 is 5.97 Å². The van der Waals surface area contributed by atoms with Gasteiger partial charge in [-0.2, -0.15) is 0 Å². The molecule has 0 aliphatic rings. The van der Waals surface area contributed by atoms with Gasteiger partial charge in [0.25, 0.3) is 0 Å². The first-order valence-corrected chi connectivity index (χ1v) is 6.35. The number of rotatable bonds is 6. The summed E-state index contributed by atoms with van der Waals surface area (Å²) in [6.45, 7) is 4.83. The van der Waals surface area contributed by atoms with Crippen LogP contribution in [-0.4, -0.2) is 17.6 Å². The summed E-state index contributed by atoms with van der Waals surface area (Å²) in [4.78, 5) is 10.9. The van der Waals surface area contributed by atoms with Gasteiger partial charge in [0.1, 0.15) is 0 Å². The van der Waals surface area contributed by atoms with Gasteiger partial charge in [0, 0.05) is 6.54 Å². The average Bonchev–Trinajstić information content (AvgIpc) is 2.59. The van der Waals surface area contributed by atoms with E-state index < -0.39 is 11.4 Å². The van der Waals surface area contributed by atoms with Crippen molar-refractivity contribution >= 4 is 28.9 Å². The number of aliphatic carboxylic acids is 1. The van der Waals surface area contributed by atoms with Crippen molar-refractivity contribution < 1.29 is 9.90 Å². The molecule has 0 unspecified atom stereocenters. The molecule has 90 valence electrons. The number of hydrogen-bond acceptors (Lipinski definition) is 3. The number of carbonyl (C=O) groups is 1. The van der Waals surface area contributed by atoms with Crippen LogP contribution in [0.5, 0.6) is 0 Å². The molecule has 0 amide bonds. The number of carboxylic acid groups (broad SMARTS) is 1. The van der Waals surface area contributed by atoms with E-state index in [1.165, 1.54) is 11.3 Å². The third-order valence-electron chi connectivity index (χ3n) is 2.51. The molecule has 0 spiro atoms. The SMILES string of the molecule is CC(C)(CCNCc1ccsc1Cl)C(=O)O. The van der Waals surface area contributed by atoms with Crippen LogP contribution in [0.1, 0.15) is 25.8 Å². The van der Waals surface area contributed by atoms with E-state index in [2.05, 4.69) is 5.32 Å². The quantitative estimate of drug-likeness (QED) is 0.774. The Bertz CT molecular complexity index is 363. The normalized spacial score (nSPS) is 11.7. The lowest BCUT2D eigenvalue weighted by Crippen LogP contribution is -2.28. The second kappa shape index (κ2) is 5.66. The van der Waals surface area contributed by atoms with Gasteiger partial charge in [0.2, 0.25) is 0 Å². The van der Waals surface area contributed by atoms with Crippen LogP contribution in [0, 0.1) is 5.41 Å². The Hall–Kier alpha value is -0.580. The molecule has 2 N–H and O–H groups in total. The van der Waals surface area contributed by atoms with E-state index in [0.29, 0.717) is 19.5 Å². The monoisotopic (exact) mass is 261 g/mol. The highest BCUT2D eigenvalue weighted by molar-refractivity contribution is 7.14. The number of halogens is 1. The maximum Gasteiger partial charge on any atom is 0.309 e. The Morgan fingerprint density at radius 2 is 2.31 bits per heavy atom. The van der Waals surface area contributed by atoms with Gasteiger partial charge in [-0.3, -0.25) is 4.79 Å². The van der Waals surface area contributed by atoms with Crippen molar-refractivity contribution in [3.05, 3.63) is 21.3 Å². The average molecular weight is 262 g/mol. The van der Waals surface area contributed by atoms with Crippen LogP contribution in [0.2, 0.25) is 4.34 Å². The van der Waals surface area contributed by atoms with Gasteiger partial charge in [-0.1, -0.05) is 11.6 Å². The van der Waals surface area contributed by atoms with E-state index in [1.807, 2.05) is 11.4 Å². The zero-order valence-corrected chi connectivity index (χ0v) is 11.0. The lowest BCUT2D eigenvalue weighted by atomic mass is 9.90. The van der Waals surface area contributed by atoms with Crippen LogP contribution < -0.4 is 5.32 Å². The summed E-state index contributed by atoms with van der Waals surface area (Å²) < 4.78 is 0.796. The fourth-order valence-corrected chi connectivity index (χ4v) is 2.10. The minimum atomic E-state index is -0.761. The molecule has 5 heteroatoms. The summed E-state index contributed by atoms with van der Waals surface area (Å²) in [7, 11) is 0. The highest BCUT2D eigenvalue weighted by Crippen LogP contribution is 2.23. The maximum absolute atomic E-state index is 10.9. The van der Waals surface area contributed by atoms with Crippen molar-refractivity contribution in [3.63, 3.8) is 0 Å². The standard InChI is InChI=1S/C11H16ClNO2S/c1-11(2,10(14)15)4-5-13-7-8-3-6-16-9(8)12/h3,6,13H,4-5,7H2,1-2H3,(H,14,15). The van der Waals surface area contributed by atoms with E-state index in [1.54, 1.807) is 13.8 Å². The largest absolute Gasteiger partial charge is 0.481 e. The Kier molecular flexibility index (Phi) is 4.77. The molecular formula is C11H16ClNO2S. The van der Waals surface area contributed by atoms with Crippen LogP contribution in [-0.2, 0) is 11.3 Å². The first-order valence-electron chi connectivity index (χ1n) is 5.09. The maximum atomic E-state index is 10.9. The van der Waals surface area contributed by atoms with E-state index in [9.17, 15) is 4.79 Å². The molecule has 0 atom stereocenters. The lowest BCUT2D eigenvalue weighted by molar-refractivity contribution is -0.147. The zero-order chi connectivity index (χ0) is 12.2. The van der Waals surface area contributed by atoms with E-state index >= 15 is 0 Å². The summed E-state index contributed by atoms with van der Waals surface area (Å²) in [6.07, 6.45) is 0.601. The van der Waals surface area contributed by atoms with Crippen LogP contribution in [0.3, 0.4) is 0 Å². The molecule has 0 aliphatic carbocycles.